The Bertz CT molecular complexity index is 182. The predicted molar refractivity (Wildman–Crippen MR) is 58.1 cm³/mol. The Labute approximate surface area is 87.2 Å². The van der Waals surface area contributed by atoms with Gasteiger partial charge in [-0.3, -0.25) is 4.79 Å². The molecule has 0 amide bonds. The number of esters is 1. The highest BCUT2D eigenvalue weighted by molar-refractivity contribution is 5.71. The van der Waals surface area contributed by atoms with E-state index in [4.69, 9.17) is 4.74 Å². The van der Waals surface area contributed by atoms with Crippen molar-refractivity contribution < 1.29 is 9.53 Å². The first-order chi connectivity index (χ1) is 6.22. The predicted octanol–water partition coefficient (Wildman–Crippen LogP) is 1.96. The van der Waals surface area contributed by atoms with Gasteiger partial charge in [0.1, 0.15) is 6.61 Å². The van der Waals surface area contributed by atoms with E-state index in [9.17, 15) is 4.79 Å². The van der Waals surface area contributed by atoms with Crippen molar-refractivity contribution in [3.8, 4) is 0 Å². The van der Waals surface area contributed by atoms with Crippen LogP contribution in [0.3, 0.4) is 0 Å². The number of hydrogen-bond acceptors (Lipinski definition) is 3. The largest absolute Gasteiger partial charge is 0.464 e. The van der Waals surface area contributed by atoms with E-state index in [-0.39, 0.29) is 23.5 Å². The van der Waals surface area contributed by atoms with Crippen LogP contribution in [-0.4, -0.2) is 24.2 Å². The number of carbonyl (C=O) groups excluding carboxylic acids is 1. The molecular formula is C11H23NO2. The number of rotatable bonds is 4. The maximum Gasteiger partial charge on any atom is 0.308 e. The molecule has 0 aromatic carbocycles. The summed E-state index contributed by atoms with van der Waals surface area (Å²) in [6.45, 7) is 12.4. The molecule has 0 heterocycles. The van der Waals surface area contributed by atoms with Gasteiger partial charge in [-0.05, 0) is 27.7 Å². The molecule has 0 aliphatic carbocycles. The van der Waals surface area contributed by atoms with Gasteiger partial charge < -0.3 is 10.1 Å². The Morgan fingerprint density at radius 2 is 1.79 bits per heavy atom. The SMILES string of the molecule is CC(C)C(=O)OC[C@H](C)NC(C)(C)C. The van der Waals surface area contributed by atoms with Gasteiger partial charge in [0, 0.05) is 11.6 Å². The second-order valence-corrected chi connectivity index (χ2v) is 5.08. The summed E-state index contributed by atoms with van der Waals surface area (Å²) in [7, 11) is 0. The first kappa shape index (κ1) is 13.4. The van der Waals surface area contributed by atoms with E-state index >= 15 is 0 Å². The van der Waals surface area contributed by atoms with E-state index in [2.05, 4.69) is 26.1 Å². The second kappa shape index (κ2) is 5.35. The zero-order valence-corrected chi connectivity index (χ0v) is 10.2. The van der Waals surface area contributed by atoms with Crippen molar-refractivity contribution in [1.29, 1.82) is 0 Å². The fourth-order valence-corrected chi connectivity index (χ4v) is 1.15. The molecule has 1 N–H and O–H groups in total. The van der Waals surface area contributed by atoms with Crippen LogP contribution >= 0.6 is 0 Å². The summed E-state index contributed by atoms with van der Waals surface area (Å²) < 4.78 is 5.11. The highest BCUT2D eigenvalue weighted by Gasteiger charge is 2.15. The van der Waals surface area contributed by atoms with Crippen LogP contribution < -0.4 is 5.32 Å². The Morgan fingerprint density at radius 1 is 1.29 bits per heavy atom. The van der Waals surface area contributed by atoms with Crippen molar-refractivity contribution in [2.75, 3.05) is 6.61 Å². The second-order valence-electron chi connectivity index (χ2n) is 5.08. The van der Waals surface area contributed by atoms with Crippen molar-refractivity contribution in [1.82, 2.24) is 5.32 Å². The van der Waals surface area contributed by atoms with Gasteiger partial charge in [0.2, 0.25) is 0 Å². The first-order valence-electron chi connectivity index (χ1n) is 5.16. The molecule has 84 valence electrons. The summed E-state index contributed by atoms with van der Waals surface area (Å²) in [6, 6.07) is 0.192. The van der Waals surface area contributed by atoms with E-state index in [1.165, 1.54) is 0 Å². The van der Waals surface area contributed by atoms with Gasteiger partial charge in [-0.15, -0.1) is 0 Å². The number of ether oxygens (including phenoxy) is 1. The summed E-state index contributed by atoms with van der Waals surface area (Å²) in [4.78, 5) is 11.2. The van der Waals surface area contributed by atoms with E-state index in [1.54, 1.807) is 0 Å². The molecule has 0 aliphatic rings. The highest BCUT2D eigenvalue weighted by atomic mass is 16.5. The minimum atomic E-state index is -0.132. The standard InChI is InChI=1S/C11H23NO2/c1-8(2)10(13)14-7-9(3)12-11(4,5)6/h8-9,12H,7H2,1-6H3/t9-/m0/s1. The molecule has 0 radical (unpaired) electrons. The summed E-state index contributed by atoms with van der Waals surface area (Å²) >= 11 is 0. The molecule has 0 bridgehead atoms. The topological polar surface area (TPSA) is 38.3 Å². The average Bonchev–Trinajstić information content (AvgIpc) is 1.96. The van der Waals surface area contributed by atoms with E-state index in [0.717, 1.165) is 0 Å². The van der Waals surface area contributed by atoms with Crippen molar-refractivity contribution in [2.24, 2.45) is 5.92 Å². The van der Waals surface area contributed by atoms with Crippen LogP contribution in [0.1, 0.15) is 41.5 Å². The average molecular weight is 201 g/mol. The lowest BCUT2D eigenvalue weighted by Gasteiger charge is -2.25. The highest BCUT2D eigenvalue weighted by Crippen LogP contribution is 2.02. The van der Waals surface area contributed by atoms with Crippen molar-refractivity contribution in [2.45, 2.75) is 53.1 Å². The molecule has 0 aromatic heterocycles. The first-order valence-corrected chi connectivity index (χ1v) is 5.16. The van der Waals surface area contributed by atoms with Gasteiger partial charge in [-0.25, -0.2) is 0 Å². The van der Waals surface area contributed by atoms with Crippen LogP contribution in [0.5, 0.6) is 0 Å². The molecule has 0 saturated heterocycles. The van der Waals surface area contributed by atoms with Gasteiger partial charge in [-0.1, -0.05) is 13.8 Å². The third-order valence-corrected chi connectivity index (χ3v) is 1.63. The fourth-order valence-electron chi connectivity index (χ4n) is 1.15. The van der Waals surface area contributed by atoms with Crippen LogP contribution in [0.2, 0.25) is 0 Å². The lowest BCUT2D eigenvalue weighted by molar-refractivity contribution is -0.148. The Morgan fingerprint density at radius 3 is 2.14 bits per heavy atom. The molecule has 3 heteroatoms. The number of hydrogen-bond donors (Lipinski definition) is 1. The molecule has 0 unspecified atom stereocenters. The molecule has 0 rings (SSSR count). The van der Waals surface area contributed by atoms with Crippen LogP contribution in [0, 0.1) is 5.92 Å². The molecule has 0 spiro atoms. The minimum Gasteiger partial charge on any atom is -0.464 e. The molecule has 0 aliphatic heterocycles. The van der Waals surface area contributed by atoms with Crippen LogP contribution in [0.15, 0.2) is 0 Å². The Balaban J connectivity index is 3.75. The summed E-state index contributed by atoms with van der Waals surface area (Å²) in [5.41, 5.74) is 0.0592. The monoisotopic (exact) mass is 201 g/mol. The van der Waals surface area contributed by atoms with Gasteiger partial charge >= 0.3 is 5.97 Å². The number of carbonyl (C=O) groups is 1. The van der Waals surface area contributed by atoms with Gasteiger partial charge in [0.25, 0.3) is 0 Å². The zero-order chi connectivity index (χ0) is 11.4. The molecular weight excluding hydrogens is 178 g/mol. The summed E-state index contributed by atoms with van der Waals surface area (Å²) in [5, 5.41) is 3.34. The normalized spacial score (nSPS) is 14.2. The van der Waals surface area contributed by atoms with Crippen LogP contribution in [0.25, 0.3) is 0 Å². The van der Waals surface area contributed by atoms with E-state index in [0.29, 0.717) is 6.61 Å². The summed E-state index contributed by atoms with van der Waals surface area (Å²) in [6.07, 6.45) is 0. The third kappa shape index (κ3) is 6.89. The van der Waals surface area contributed by atoms with Crippen molar-refractivity contribution >= 4 is 5.97 Å². The summed E-state index contributed by atoms with van der Waals surface area (Å²) in [5.74, 6) is -0.176. The maximum atomic E-state index is 11.2. The molecule has 3 nitrogen and oxygen atoms in total. The molecule has 1 atom stereocenters. The molecule has 0 saturated carbocycles. The quantitative estimate of drug-likeness (QED) is 0.707. The Kier molecular flexibility index (Phi) is 5.13. The van der Waals surface area contributed by atoms with Gasteiger partial charge in [0.05, 0.1) is 5.92 Å². The Hall–Kier alpha value is -0.570. The van der Waals surface area contributed by atoms with Crippen molar-refractivity contribution in [3.05, 3.63) is 0 Å². The molecule has 0 fully saturated rings. The van der Waals surface area contributed by atoms with Crippen LogP contribution in [0.4, 0.5) is 0 Å². The van der Waals surface area contributed by atoms with Crippen LogP contribution in [-0.2, 0) is 9.53 Å². The smallest absolute Gasteiger partial charge is 0.308 e. The van der Waals surface area contributed by atoms with E-state index < -0.39 is 0 Å². The third-order valence-electron chi connectivity index (χ3n) is 1.63. The van der Waals surface area contributed by atoms with Crippen molar-refractivity contribution in [3.63, 3.8) is 0 Å². The fraction of sp³-hybridized carbons (Fsp3) is 0.909. The molecule has 14 heavy (non-hydrogen) atoms. The molecule has 0 aromatic rings. The van der Waals surface area contributed by atoms with Gasteiger partial charge in [-0.2, -0.15) is 0 Å². The minimum absolute atomic E-state index is 0.0446. The number of nitrogens with one attached hydrogen (secondary N) is 1. The van der Waals surface area contributed by atoms with Gasteiger partial charge in [0.15, 0.2) is 0 Å². The maximum absolute atomic E-state index is 11.2. The van der Waals surface area contributed by atoms with E-state index in [1.807, 2.05) is 20.8 Å². The lowest BCUT2D eigenvalue weighted by atomic mass is 10.1. The zero-order valence-electron chi connectivity index (χ0n) is 10.2. The lowest BCUT2D eigenvalue weighted by Crippen LogP contribution is -2.44.